The number of carbonyl (C=O) groups is 1. The van der Waals surface area contributed by atoms with Crippen molar-refractivity contribution in [3.05, 3.63) is 53.1 Å². The summed E-state index contributed by atoms with van der Waals surface area (Å²) in [5, 5.41) is 7.77. The first kappa shape index (κ1) is 25.7. The molecule has 1 aromatic heterocycles. The molecule has 0 amide bonds. The lowest BCUT2D eigenvalue weighted by molar-refractivity contribution is -0.154. The quantitative estimate of drug-likeness (QED) is 0.185. The van der Waals surface area contributed by atoms with Gasteiger partial charge in [-0.05, 0) is 42.5 Å². The highest BCUT2D eigenvalue weighted by atomic mass is 35.5. The molecule has 2 aromatic carbocycles. The largest absolute Gasteiger partial charge is 0.484 e. The summed E-state index contributed by atoms with van der Waals surface area (Å²) in [7, 11) is 0. The first-order valence-electron chi connectivity index (χ1n) is 9.18. The van der Waals surface area contributed by atoms with E-state index in [0.29, 0.717) is 10.6 Å². The number of aromatic nitrogens is 2. The van der Waals surface area contributed by atoms with Gasteiger partial charge in [0.2, 0.25) is 0 Å². The first-order chi connectivity index (χ1) is 15.9. The van der Waals surface area contributed by atoms with E-state index in [9.17, 15) is 31.1 Å². The van der Waals surface area contributed by atoms with Crippen molar-refractivity contribution in [2.45, 2.75) is 17.6 Å². The summed E-state index contributed by atoms with van der Waals surface area (Å²) < 4.78 is 89.8. The Labute approximate surface area is 197 Å². The molecule has 6 nitrogen and oxygen atoms in total. The molecule has 0 saturated carbocycles. The van der Waals surface area contributed by atoms with E-state index in [1.165, 1.54) is 12.1 Å². The summed E-state index contributed by atoms with van der Waals surface area (Å²) >= 11 is 6.64. The molecule has 0 aliphatic rings. The smallest absolute Gasteiger partial charge is 0.422 e. The summed E-state index contributed by atoms with van der Waals surface area (Å²) in [4.78, 5) is 12.2. The van der Waals surface area contributed by atoms with Crippen LogP contribution in [0.25, 0.3) is 11.5 Å². The van der Waals surface area contributed by atoms with Gasteiger partial charge < -0.3 is 13.9 Å². The number of Topliss-reactive ketones (excluding diaryl/α,β-unsaturated/α-hetero) is 1. The van der Waals surface area contributed by atoms with Crippen molar-refractivity contribution < 1.29 is 45.0 Å². The molecule has 0 N–H and O–H groups in total. The van der Waals surface area contributed by atoms with Gasteiger partial charge >= 0.3 is 12.4 Å². The average Bonchev–Trinajstić information content (AvgIpc) is 3.23. The highest BCUT2D eigenvalue weighted by Gasteiger charge is 2.30. The van der Waals surface area contributed by atoms with Crippen molar-refractivity contribution in [2.75, 3.05) is 19.0 Å². The maximum Gasteiger partial charge on any atom is 0.422 e. The number of hydrogen-bond donors (Lipinski definition) is 0. The van der Waals surface area contributed by atoms with Crippen LogP contribution in [0.4, 0.5) is 26.3 Å². The van der Waals surface area contributed by atoms with E-state index in [4.69, 9.17) is 20.8 Å². The molecule has 3 aromatic rings. The second-order valence-electron chi connectivity index (χ2n) is 6.56. The molecule has 34 heavy (non-hydrogen) atoms. The van der Waals surface area contributed by atoms with E-state index in [-0.39, 0.29) is 39.7 Å². The minimum absolute atomic E-state index is 0.0966. The van der Waals surface area contributed by atoms with Gasteiger partial charge in [0, 0.05) is 10.6 Å². The molecule has 0 saturated heterocycles. The lowest BCUT2D eigenvalue weighted by Crippen LogP contribution is -2.20. The maximum atomic E-state index is 12.6. The third kappa shape index (κ3) is 7.83. The Morgan fingerprint density at radius 2 is 1.59 bits per heavy atom. The minimum atomic E-state index is -4.67. The number of ether oxygens (including phenoxy) is 2. The van der Waals surface area contributed by atoms with Crippen molar-refractivity contribution in [1.29, 1.82) is 0 Å². The molecular formula is C20H13ClF6N2O4S. The predicted molar refractivity (Wildman–Crippen MR) is 109 cm³/mol. The van der Waals surface area contributed by atoms with Crippen LogP contribution in [0, 0.1) is 0 Å². The van der Waals surface area contributed by atoms with Gasteiger partial charge in [-0.15, -0.1) is 10.2 Å². The number of thioether (sulfide) groups is 1. The number of benzene rings is 2. The Kier molecular flexibility index (Phi) is 7.97. The van der Waals surface area contributed by atoms with Crippen molar-refractivity contribution in [1.82, 2.24) is 10.2 Å². The van der Waals surface area contributed by atoms with Gasteiger partial charge in [-0.2, -0.15) is 26.3 Å². The van der Waals surface area contributed by atoms with Gasteiger partial charge in [-0.3, -0.25) is 4.79 Å². The van der Waals surface area contributed by atoms with Crippen molar-refractivity contribution in [3.8, 4) is 23.0 Å². The number of halogens is 7. The Balaban J connectivity index is 1.77. The molecule has 0 spiro atoms. The minimum Gasteiger partial charge on any atom is -0.484 e. The van der Waals surface area contributed by atoms with Gasteiger partial charge in [0.05, 0.1) is 11.3 Å². The summed E-state index contributed by atoms with van der Waals surface area (Å²) in [6, 6.07) is 9.13. The molecule has 0 radical (unpaired) electrons. The fourth-order valence-corrected chi connectivity index (χ4v) is 3.22. The van der Waals surface area contributed by atoms with Crippen LogP contribution in [0.2, 0.25) is 5.02 Å². The molecule has 0 atom stereocenters. The van der Waals surface area contributed by atoms with E-state index in [1.54, 1.807) is 12.1 Å². The van der Waals surface area contributed by atoms with Gasteiger partial charge in [0.1, 0.15) is 11.5 Å². The summed E-state index contributed by atoms with van der Waals surface area (Å²) in [5.41, 5.74) is 0.168. The van der Waals surface area contributed by atoms with Crippen LogP contribution in [0.15, 0.2) is 52.1 Å². The van der Waals surface area contributed by atoms with E-state index in [2.05, 4.69) is 14.9 Å². The standard InChI is InChI=1S/C20H13ClF6N2O4S/c21-12-3-1-11(2-4-12)15(30)8-34-18-29-28-17(33-18)14-7-13(31-9-19(22,23)24)5-6-16(14)32-10-20(25,26)27/h1-7H,8-10H2. The Morgan fingerprint density at radius 1 is 0.941 bits per heavy atom. The van der Waals surface area contributed by atoms with Crippen LogP contribution in [0.5, 0.6) is 11.5 Å². The van der Waals surface area contributed by atoms with Gasteiger partial charge in [0.25, 0.3) is 11.1 Å². The summed E-state index contributed by atoms with van der Waals surface area (Å²) in [6.07, 6.45) is -9.29. The Bertz CT molecular complexity index is 1140. The predicted octanol–water partition coefficient (Wildman–Crippen LogP) is 6.25. The molecule has 182 valence electrons. The molecule has 14 heteroatoms. The van der Waals surface area contributed by atoms with Crippen LogP contribution in [-0.4, -0.2) is 47.3 Å². The second kappa shape index (κ2) is 10.6. The Morgan fingerprint density at radius 3 is 2.24 bits per heavy atom. The molecule has 0 aliphatic heterocycles. The van der Waals surface area contributed by atoms with Gasteiger partial charge in [-0.25, -0.2) is 0 Å². The number of hydrogen-bond acceptors (Lipinski definition) is 7. The molecular weight excluding hydrogens is 514 g/mol. The van der Waals surface area contributed by atoms with E-state index < -0.39 is 25.6 Å². The number of alkyl halides is 6. The van der Waals surface area contributed by atoms with Crippen LogP contribution >= 0.6 is 23.4 Å². The number of carbonyl (C=O) groups excluding carboxylic acids is 1. The monoisotopic (exact) mass is 526 g/mol. The lowest BCUT2D eigenvalue weighted by atomic mass is 10.1. The highest BCUT2D eigenvalue weighted by Crippen LogP contribution is 2.35. The number of ketones is 1. The third-order valence-electron chi connectivity index (χ3n) is 3.87. The molecule has 0 aliphatic carbocycles. The number of rotatable bonds is 9. The van der Waals surface area contributed by atoms with Crippen molar-refractivity contribution in [3.63, 3.8) is 0 Å². The SMILES string of the molecule is O=C(CSc1nnc(-c2cc(OCC(F)(F)F)ccc2OCC(F)(F)F)o1)c1ccc(Cl)cc1. The van der Waals surface area contributed by atoms with Crippen LogP contribution in [0.3, 0.4) is 0 Å². The highest BCUT2D eigenvalue weighted by molar-refractivity contribution is 7.99. The third-order valence-corrected chi connectivity index (χ3v) is 4.95. The fraction of sp³-hybridized carbons (Fsp3) is 0.250. The van der Waals surface area contributed by atoms with Crippen LogP contribution in [0.1, 0.15) is 10.4 Å². The molecule has 0 bridgehead atoms. The lowest BCUT2D eigenvalue weighted by Gasteiger charge is -2.14. The summed E-state index contributed by atoms with van der Waals surface area (Å²) in [6.45, 7) is -3.28. The van der Waals surface area contributed by atoms with Crippen LogP contribution in [-0.2, 0) is 0 Å². The van der Waals surface area contributed by atoms with E-state index >= 15 is 0 Å². The normalized spacial score (nSPS) is 12.0. The first-order valence-corrected chi connectivity index (χ1v) is 10.5. The van der Waals surface area contributed by atoms with Crippen molar-refractivity contribution >= 4 is 29.1 Å². The van der Waals surface area contributed by atoms with Gasteiger partial charge in [-0.1, -0.05) is 23.4 Å². The number of nitrogens with zero attached hydrogens (tertiary/aromatic N) is 2. The topological polar surface area (TPSA) is 74.5 Å². The van der Waals surface area contributed by atoms with Crippen LogP contribution < -0.4 is 9.47 Å². The molecule has 0 unspecified atom stereocenters. The zero-order chi connectivity index (χ0) is 24.9. The van der Waals surface area contributed by atoms with E-state index in [0.717, 1.165) is 30.0 Å². The zero-order valence-electron chi connectivity index (χ0n) is 16.7. The maximum absolute atomic E-state index is 12.6. The zero-order valence-corrected chi connectivity index (χ0v) is 18.3. The molecule has 3 rings (SSSR count). The molecule has 0 fully saturated rings. The fourth-order valence-electron chi connectivity index (χ4n) is 2.44. The molecule has 1 heterocycles. The van der Waals surface area contributed by atoms with Gasteiger partial charge in [0.15, 0.2) is 19.0 Å². The Hall–Kier alpha value is -2.93. The second-order valence-corrected chi connectivity index (χ2v) is 7.92. The van der Waals surface area contributed by atoms with E-state index in [1.807, 2.05) is 0 Å². The van der Waals surface area contributed by atoms with Crippen molar-refractivity contribution in [2.24, 2.45) is 0 Å². The average molecular weight is 527 g/mol. The summed E-state index contributed by atoms with van der Waals surface area (Å²) in [5.74, 6) is -1.39.